The fraction of sp³-hybridized carbons (Fsp3) is 0.818. The number of rotatable bonds is 6. The Labute approximate surface area is 96.0 Å². The monoisotopic (exact) mass is 224 g/mol. The third-order valence-electron chi connectivity index (χ3n) is 2.63. The SMILES string of the molecule is CC(C)(CC=O)CC(C)(C)Cc1nnn[nH]1. The number of H-pyrrole nitrogens is 1. The first-order valence-corrected chi connectivity index (χ1v) is 5.51. The maximum Gasteiger partial charge on any atom is 0.148 e. The summed E-state index contributed by atoms with van der Waals surface area (Å²) in [5.41, 5.74) is 0.104. The van der Waals surface area contributed by atoms with Crippen LogP contribution in [0.1, 0.15) is 46.4 Å². The zero-order valence-electron chi connectivity index (χ0n) is 10.4. The van der Waals surface area contributed by atoms with Crippen LogP contribution in [0.15, 0.2) is 0 Å². The predicted octanol–water partition coefficient (Wildman–Crippen LogP) is 1.77. The molecule has 5 nitrogen and oxygen atoms in total. The molecule has 1 rings (SSSR count). The van der Waals surface area contributed by atoms with E-state index in [4.69, 9.17) is 0 Å². The Morgan fingerprint density at radius 2 is 1.94 bits per heavy atom. The molecule has 0 aliphatic carbocycles. The molecular formula is C11H20N4O. The van der Waals surface area contributed by atoms with Gasteiger partial charge in [-0.2, -0.15) is 0 Å². The zero-order chi connectivity index (χ0) is 12.2. The fourth-order valence-electron chi connectivity index (χ4n) is 2.36. The van der Waals surface area contributed by atoms with Gasteiger partial charge in [-0.1, -0.05) is 27.7 Å². The molecule has 0 saturated carbocycles. The molecule has 1 heterocycles. The topological polar surface area (TPSA) is 71.5 Å². The molecule has 5 heteroatoms. The van der Waals surface area contributed by atoms with E-state index < -0.39 is 0 Å². The highest BCUT2D eigenvalue weighted by Crippen LogP contribution is 2.37. The molecule has 0 amide bonds. The van der Waals surface area contributed by atoms with Crippen molar-refractivity contribution >= 4 is 6.29 Å². The van der Waals surface area contributed by atoms with E-state index in [-0.39, 0.29) is 10.8 Å². The minimum absolute atomic E-state index is 0.0265. The highest BCUT2D eigenvalue weighted by atomic mass is 16.1. The first kappa shape index (κ1) is 12.8. The average Bonchev–Trinajstić information content (AvgIpc) is 2.52. The maximum absolute atomic E-state index is 10.6. The van der Waals surface area contributed by atoms with Crippen molar-refractivity contribution in [2.45, 2.75) is 47.0 Å². The van der Waals surface area contributed by atoms with E-state index in [9.17, 15) is 4.79 Å². The molecule has 1 N–H and O–H groups in total. The van der Waals surface area contributed by atoms with Crippen LogP contribution < -0.4 is 0 Å². The lowest BCUT2D eigenvalue weighted by atomic mass is 9.72. The van der Waals surface area contributed by atoms with Gasteiger partial charge in [-0.3, -0.25) is 0 Å². The van der Waals surface area contributed by atoms with Gasteiger partial charge in [-0.15, -0.1) is 5.10 Å². The normalized spacial score (nSPS) is 12.8. The van der Waals surface area contributed by atoms with Crippen molar-refractivity contribution < 1.29 is 4.79 Å². The quantitative estimate of drug-likeness (QED) is 0.747. The molecule has 0 aromatic carbocycles. The van der Waals surface area contributed by atoms with Gasteiger partial charge in [0.2, 0.25) is 0 Å². The molecular weight excluding hydrogens is 204 g/mol. The Morgan fingerprint density at radius 1 is 1.25 bits per heavy atom. The number of hydrogen-bond acceptors (Lipinski definition) is 4. The lowest BCUT2D eigenvalue weighted by Gasteiger charge is -2.33. The van der Waals surface area contributed by atoms with Gasteiger partial charge >= 0.3 is 0 Å². The fourth-order valence-corrected chi connectivity index (χ4v) is 2.36. The van der Waals surface area contributed by atoms with Crippen LogP contribution in [0.2, 0.25) is 0 Å². The number of carbonyl (C=O) groups is 1. The Balaban J connectivity index is 2.60. The second-order valence-corrected chi connectivity index (χ2v) is 5.90. The maximum atomic E-state index is 10.6. The van der Waals surface area contributed by atoms with Gasteiger partial charge in [-0.05, 0) is 27.7 Å². The molecule has 90 valence electrons. The summed E-state index contributed by atoms with van der Waals surface area (Å²) in [6.07, 6.45) is 3.33. The Bertz CT molecular complexity index is 330. The van der Waals surface area contributed by atoms with Crippen molar-refractivity contribution in [3.05, 3.63) is 5.82 Å². The van der Waals surface area contributed by atoms with E-state index in [1.807, 2.05) is 0 Å². The molecule has 0 bridgehead atoms. The minimum Gasteiger partial charge on any atom is -0.303 e. The van der Waals surface area contributed by atoms with E-state index in [1.54, 1.807) is 0 Å². The number of hydrogen-bond donors (Lipinski definition) is 1. The minimum atomic E-state index is 0.0265. The number of nitrogens with zero attached hydrogens (tertiary/aromatic N) is 3. The van der Waals surface area contributed by atoms with Gasteiger partial charge < -0.3 is 4.79 Å². The van der Waals surface area contributed by atoms with Crippen molar-refractivity contribution in [3.63, 3.8) is 0 Å². The second-order valence-electron chi connectivity index (χ2n) is 5.90. The van der Waals surface area contributed by atoms with Gasteiger partial charge in [0.15, 0.2) is 0 Å². The van der Waals surface area contributed by atoms with Crippen LogP contribution in [-0.2, 0) is 11.2 Å². The number of aromatic nitrogens is 4. The number of nitrogens with one attached hydrogen (secondary N) is 1. The molecule has 1 aromatic heterocycles. The number of carbonyl (C=O) groups excluding carboxylic acids is 1. The van der Waals surface area contributed by atoms with Crippen LogP contribution >= 0.6 is 0 Å². The summed E-state index contributed by atoms with van der Waals surface area (Å²) >= 11 is 0. The van der Waals surface area contributed by atoms with Crippen molar-refractivity contribution in [1.29, 1.82) is 0 Å². The molecule has 16 heavy (non-hydrogen) atoms. The molecule has 0 unspecified atom stereocenters. The van der Waals surface area contributed by atoms with Gasteiger partial charge in [0.05, 0.1) is 0 Å². The molecule has 0 radical (unpaired) electrons. The number of aromatic amines is 1. The highest BCUT2D eigenvalue weighted by Gasteiger charge is 2.29. The van der Waals surface area contributed by atoms with Crippen molar-refractivity contribution in [1.82, 2.24) is 20.6 Å². The average molecular weight is 224 g/mol. The molecule has 0 spiro atoms. The summed E-state index contributed by atoms with van der Waals surface area (Å²) in [6.45, 7) is 8.56. The summed E-state index contributed by atoms with van der Waals surface area (Å²) in [7, 11) is 0. The Kier molecular flexibility index (Phi) is 3.78. The molecule has 0 fully saturated rings. The summed E-state index contributed by atoms with van der Waals surface area (Å²) in [6, 6.07) is 0. The van der Waals surface area contributed by atoms with Gasteiger partial charge in [0, 0.05) is 12.8 Å². The van der Waals surface area contributed by atoms with Crippen molar-refractivity contribution in [2.24, 2.45) is 10.8 Å². The molecule has 0 aliphatic heterocycles. The van der Waals surface area contributed by atoms with Crippen LogP contribution in [-0.4, -0.2) is 26.9 Å². The summed E-state index contributed by atoms with van der Waals surface area (Å²) < 4.78 is 0. The van der Waals surface area contributed by atoms with E-state index >= 15 is 0 Å². The summed E-state index contributed by atoms with van der Waals surface area (Å²) in [5.74, 6) is 0.798. The van der Waals surface area contributed by atoms with Crippen LogP contribution in [0.25, 0.3) is 0 Å². The van der Waals surface area contributed by atoms with E-state index in [0.717, 1.165) is 25.0 Å². The lowest BCUT2D eigenvalue weighted by Crippen LogP contribution is -2.26. The largest absolute Gasteiger partial charge is 0.303 e. The third-order valence-corrected chi connectivity index (χ3v) is 2.63. The lowest BCUT2D eigenvalue weighted by molar-refractivity contribution is -0.109. The number of tetrazole rings is 1. The van der Waals surface area contributed by atoms with Crippen molar-refractivity contribution in [2.75, 3.05) is 0 Å². The second kappa shape index (κ2) is 4.72. The summed E-state index contributed by atoms with van der Waals surface area (Å²) in [5, 5.41) is 13.8. The predicted molar refractivity (Wildman–Crippen MR) is 60.7 cm³/mol. The van der Waals surface area contributed by atoms with Gasteiger partial charge in [0.25, 0.3) is 0 Å². The van der Waals surface area contributed by atoms with Gasteiger partial charge in [0.1, 0.15) is 12.1 Å². The first-order valence-electron chi connectivity index (χ1n) is 5.51. The Morgan fingerprint density at radius 3 is 2.44 bits per heavy atom. The smallest absolute Gasteiger partial charge is 0.148 e. The van der Waals surface area contributed by atoms with E-state index in [0.29, 0.717) is 6.42 Å². The number of aldehydes is 1. The van der Waals surface area contributed by atoms with Crippen LogP contribution in [0.3, 0.4) is 0 Å². The molecule has 0 atom stereocenters. The molecule has 0 aliphatic rings. The van der Waals surface area contributed by atoms with E-state index in [2.05, 4.69) is 48.3 Å². The van der Waals surface area contributed by atoms with Crippen LogP contribution in [0.5, 0.6) is 0 Å². The van der Waals surface area contributed by atoms with Crippen LogP contribution in [0, 0.1) is 10.8 Å². The van der Waals surface area contributed by atoms with Gasteiger partial charge in [-0.25, -0.2) is 5.10 Å². The molecule has 0 saturated heterocycles. The van der Waals surface area contributed by atoms with E-state index in [1.165, 1.54) is 0 Å². The van der Waals surface area contributed by atoms with Crippen molar-refractivity contribution in [3.8, 4) is 0 Å². The summed E-state index contributed by atoms with van der Waals surface area (Å²) in [4.78, 5) is 10.6. The molecule has 1 aromatic rings. The highest BCUT2D eigenvalue weighted by molar-refractivity contribution is 5.50. The standard InChI is InChI=1S/C11H20N4O/c1-10(2,5-6-16)8-11(3,4)7-9-12-14-15-13-9/h6H,5,7-8H2,1-4H3,(H,12,13,14,15). The zero-order valence-corrected chi connectivity index (χ0v) is 10.4. The third kappa shape index (κ3) is 4.08. The first-order chi connectivity index (χ1) is 7.35. The Hall–Kier alpha value is -1.26. The van der Waals surface area contributed by atoms with Crippen LogP contribution in [0.4, 0.5) is 0 Å².